The Morgan fingerprint density at radius 1 is 1.42 bits per heavy atom. The van der Waals surface area contributed by atoms with Crippen LogP contribution in [-0.2, 0) is 4.74 Å². The first kappa shape index (κ1) is 17.9. The number of aromatic nitrogens is 3. The Balaban J connectivity index is 1.87. The van der Waals surface area contributed by atoms with Crippen LogP contribution in [0.4, 0.5) is 4.79 Å². The van der Waals surface area contributed by atoms with E-state index in [0.29, 0.717) is 6.54 Å². The average Bonchev–Trinajstić information content (AvgIpc) is 2.84. The van der Waals surface area contributed by atoms with Crippen molar-refractivity contribution in [1.82, 2.24) is 19.7 Å². The maximum Gasteiger partial charge on any atom is 0.410 e. The summed E-state index contributed by atoms with van der Waals surface area (Å²) >= 11 is 5.81. The van der Waals surface area contributed by atoms with Gasteiger partial charge in [-0.15, -0.1) is 0 Å². The van der Waals surface area contributed by atoms with Crippen molar-refractivity contribution in [2.75, 3.05) is 13.1 Å². The topological polar surface area (TPSA) is 60.2 Å². The molecular formula is C16H20BrIN4O2. The number of fused-ring (bicyclic) bond motifs is 1. The van der Waals surface area contributed by atoms with Crippen molar-refractivity contribution in [3.05, 3.63) is 20.6 Å². The van der Waals surface area contributed by atoms with Crippen LogP contribution in [0.3, 0.4) is 0 Å². The average molecular weight is 507 g/mol. The molecule has 0 aromatic carbocycles. The van der Waals surface area contributed by atoms with Gasteiger partial charge in [0.2, 0.25) is 0 Å². The first-order valence-electron chi connectivity index (χ1n) is 7.91. The van der Waals surface area contributed by atoms with Crippen LogP contribution in [0.15, 0.2) is 16.9 Å². The van der Waals surface area contributed by atoms with Crippen molar-refractivity contribution in [2.45, 2.75) is 45.3 Å². The lowest BCUT2D eigenvalue weighted by Gasteiger charge is -2.34. The predicted octanol–water partition coefficient (Wildman–Crippen LogP) is 4.37. The van der Waals surface area contributed by atoms with Crippen LogP contribution in [0.2, 0.25) is 0 Å². The summed E-state index contributed by atoms with van der Waals surface area (Å²) < 4.78 is 9.38. The minimum Gasteiger partial charge on any atom is -0.444 e. The molecule has 130 valence electrons. The van der Waals surface area contributed by atoms with Crippen LogP contribution in [-0.4, -0.2) is 44.4 Å². The molecule has 1 fully saturated rings. The number of nitrogens with zero attached hydrogens (tertiary/aromatic N) is 4. The molecule has 1 atom stereocenters. The summed E-state index contributed by atoms with van der Waals surface area (Å²) in [4.78, 5) is 18.4. The standard InChI is InChI=1S/C16H20BrIN4O2/c1-16(2,3)24-15(23)21-6-4-5-10(9-21)22-13-11(14(18)20-22)7-19-8-12(13)17/h7-8,10H,4-6,9H2,1-3H3. The molecule has 0 radical (unpaired) electrons. The molecule has 1 aliphatic heterocycles. The molecule has 1 saturated heterocycles. The highest BCUT2D eigenvalue weighted by Gasteiger charge is 2.30. The molecule has 0 aliphatic carbocycles. The molecule has 1 unspecified atom stereocenters. The van der Waals surface area contributed by atoms with E-state index in [2.05, 4.69) is 43.5 Å². The van der Waals surface area contributed by atoms with Crippen molar-refractivity contribution in [3.8, 4) is 0 Å². The van der Waals surface area contributed by atoms with E-state index < -0.39 is 5.60 Å². The highest BCUT2D eigenvalue weighted by molar-refractivity contribution is 14.1. The van der Waals surface area contributed by atoms with Crippen LogP contribution < -0.4 is 0 Å². The summed E-state index contributed by atoms with van der Waals surface area (Å²) in [6.45, 7) is 7.00. The molecule has 3 rings (SSSR count). The Labute approximate surface area is 163 Å². The van der Waals surface area contributed by atoms with Crippen LogP contribution in [0.25, 0.3) is 10.9 Å². The fraction of sp³-hybridized carbons (Fsp3) is 0.562. The van der Waals surface area contributed by atoms with Gasteiger partial charge in [0.05, 0.1) is 21.4 Å². The zero-order valence-corrected chi connectivity index (χ0v) is 17.7. The summed E-state index contributed by atoms with van der Waals surface area (Å²) in [5.74, 6) is 0. The van der Waals surface area contributed by atoms with E-state index in [1.807, 2.05) is 31.6 Å². The number of likely N-dealkylation sites (tertiary alicyclic amines) is 1. The smallest absolute Gasteiger partial charge is 0.410 e. The van der Waals surface area contributed by atoms with Gasteiger partial charge >= 0.3 is 6.09 Å². The quantitative estimate of drug-likeness (QED) is 0.539. The molecule has 1 amide bonds. The second-order valence-electron chi connectivity index (χ2n) is 6.98. The monoisotopic (exact) mass is 506 g/mol. The highest BCUT2D eigenvalue weighted by atomic mass is 127. The van der Waals surface area contributed by atoms with E-state index in [0.717, 1.165) is 38.5 Å². The Morgan fingerprint density at radius 3 is 2.88 bits per heavy atom. The number of pyridine rings is 1. The third-order valence-electron chi connectivity index (χ3n) is 3.91. The van der Waals surface area contributed by atoms with Crippen molar-refractivity contribution < 1.29 is 9.53 Å². The first-order valence-corrected chi connectivity index (χ1v) is 9.78. The van der Waals surface area contributed by atoms with Gasteiger partial charge in [0.1, 0.15) is 9.30 Å². The van der Waals surface area contributed by atoms with Gasteiger partial charge in [-0.3, -0.25) is 9.67 Å². The van der Waals surface area contributed by atoms with Crippen LogP contribution in [0, 0.1) is 3.70 Å². The van der Waals surface area contributed by atoms with E-state index >= 15 is 0 Å². The molecule has 0 spiro atoms. The molecular weight excluding hydrogens is 487 g/mol. The van der Waals surface area contributed by atoms with Gasteiger partial charge in [-0.05, 0) is 72.1 Å². The Bertz CT molecular complexity index is 771. The molecule has 3 heterocycles. The number of piperidine rings is 1. The second-order valence-corrected chi connectivity index (χ2v) is 8.85. The molecule has 0 saturated carbocycles. The van der Waals surface area contributed by atoms with Crippen molar-refractivity contribution >= 4 is 55.5 Å². The number of carbonyl (C=O) groups is 1. The summed E-state index contributed by atoms with van der Waals surface area (Å²) in [7, 11) is 0. The van der Waals surface area contributed by atoms with Crippen LogP contribution >= 0.6 is 38.5 Å². The van der Waals surface area contributed by atoms with E-state index in [1.54, 1.807) is 11.1 Å². The van der Waals surface area contributed by atoms with E-state index in [1.165, 1.54) is 0 Å². The summed E-state index contributed by atoms with van der Waals surface area (Å²) in [6.07, 6.45) is 5.29. The maximum atomic E-state index is 12.4. The fourth-order valence-electron chi connectivity index (χ4n) is 2.92. The molecule has 1 aliphatic rings. The lowest BCUT2D eigenvalue weighted by Crippen LogP contribution is -2.43. The van der Waals surface area contributed by atoms with Crippen LogP contribution in [0.5, 0.6) is 0 Å². The SMILES string of the molecule is CC(C)(C)OC(=O)N1CCCC(n2nc(I)c3cncc(Br)c32)C1. The first-order chi connectivity index (χ1) is 11.3. The largest absolute Gasteiger partial charge is 0.444 e. The number of hydrogen-bond acceptors (Lipinski definition) is 4. The molecule has 2 aromatic rings. The third kappa shape index (κ3) is 3.68. The fourth-order valence-corrected chi connectivity index (χ4v) is 4.06. The van der Waals surface area contributed by atoms with E-state index in [4.69, 9.17) is 9.84 Å². The lowest BCUT2D eigenvalue weighted by atomic mass is 10.1. The second kappa shape index (κ2) is 6.78. The summed E-state index contributed by atoms with van der Waals surface area (Å²) in [6, 6.07) is 0.135. The summed E-state index contributed by atoms with van der Waals surface area (Å²) in [5.41, 5.74) is 0.553. The lowest BCUT2D eigenvalue weighted by molar-refractivity contribution is 0.0169. The number of ether oxygens (including phenoxy) is 1. The number of hydrogen-bond donors (Lipinski definition) is 0. The minimum atomic E-state index is -0.480. The molecule has 2 aromatic heterocycles. The van der Waals surface area contributed by atoms with Crippen molar-refractivity contribution in [3.63, 3.8) is 0 Å². The van der Waals surface area contributed by atoms with Crippen molar-refractivity contribution in [2.24, 2.45) is 0 Å². The van der Waals surface area contributed by atoms with Gasteiger partial charge in [-0.25, -0.2) is 4.79 Å². The van der Waals surface area contributed by atoms with Gasteiger partial charge in [0, 0.05) is 25.5 Å². The Morgan fingerprint density at radius 2 is 2.17 bits per heavy atom. The van der Waals surface area contributed by atoms with Crippen molar-refractivity contribution in [1.29, 1.82) is 0 Å². The van der Waals surface area contributed by atoms with Gasteiger partial charge in [-0.2, -0.15) is 5.10 Å². The minimum absolute atomic E-state index is 0.135. The molecule has 24 heavy (non-hydrogen) atoms. The Kier molecular flexibility index (Phi) is 5.06. The maximum absolute atomic E-state index is 12.4. The molecule has 0 bridgehead atoms. The van der Waals surface area contributed by atoms with Gasteiger partial charge < -0.3 is 9.64 Å². The number of carbonyl (C=O) groups excluding carboxylic acids is 1. The van der Waals surface area contributed by atoms with Gasteiger partial charge in [0.25, 0.3) is 0 Å². The third-order valence-corrected chi connectivity index (χ3v) is 5.29. The molecule has 8 heteroatoms. The predicted molar refractivity (Wildman–Crippen MR) is 104 cm³/mol. The Hall–Kier alpha value is -0.900. The van der Waals surface area contributed by atoms with Gasteiger partial charge in [-0.1, -0.05) is 0 Å². The normalized spacial score (nSPS) is 18.9. The van der Waals surface area contributed by atoms with Gasteiger partial charge in [0.15, 0.2) is 0 Å². The van der Waals surface area contributed by atoms with Crippen LogP contribution in [0.1, 0.15) is 39.7 Å². The van der Waals surface area contributed by atoms with E-state index in [9.17, 15) is 4.79 Å². The number of rotatable bonds is 1. The number of halogens is 2. The zero-order chi connectivity index (χ0) is 17.5. The summed E-state index contributed by atoms with van der Waals surface area (Å²) in [5, 5.41) is 5.72. The van der Waals surface area contributed by atoms with E-state index in [-0.39, 0.29) is 12.1 Å². The molecule has 0 N–H and O–H groups in total. The number of amides is 1. The zero-order valence-electron chi connectivity index (χ0n) is 13.9. The highest BCUT2D eigenvalue weighted by Crippen LogP contribution is 2.32. The molecule has 6 nitrogen and oxygen atoms in total.